The lowest BCUT2D eigenvalue weighted by molar-refractivity contribution is 0.124. The lowest BCUT2D eigenvalue weighted by atomic mass is 9.66. The van der Waals surface area contributed by atoms with Gasteiger partial charge in [0, 0.05) is 5.54 Å². The molecule has 12 heavy (non-hydrogen) atoms. The van der Waals surface area contributed by atoms with Crippen molar-refractivity contribution in [3.63, 3.8) is 0 Å². The highest BCUT2D eigenvalue weighted by Crippen LogP contribution is 2.38. The van der Waals surface area contributed by atoms with Crippen LogP contribution in [0.1, 0.15) is 47.0 Å². The normalized spacial score (nSPS) is 43.5. The maximum atomic E-state index is 6.31. The molecular formula is C11H23N. The molecule has 0 aliphatic heterocycles. The van der Waals surface area contributed by atoms with Crippen molar-refractivity contribution in [1.82, 2.24) is 0 Å². The number of nitrogens with two attached hydrogens (primary N) is 1. The summed E-state index contributed by atoms with van der Waals surface area (Å²) in [5.74, 6) is 2.30. The predicted octanol–water partition coefficient (Wildman–Crippen LogP) is 2.80. The van der Waals surface area contributed by atoms with Crippen LogP contribution in [0, 0.1) is 17.8 Å². The van der Waals surface area contributed by atoms with E-state index < -0.39 is 0 Å². The Morgan fingerprint density at radius 2 is 1.92 bits per heavy atom. The van der Waals surface area contributed by atoms with Crippen LogP contribution in [0.4, 0.5) is 0 Å². The molecule has 2 N–H and O–H groups in total. The maximum Gasteiger partial charge on any atom is 0.0159 e. The molecule has 0 radical (unpaired) electrons. The van der Waals surface area contributed by atoms with Crippen LogP contribution in [-0.2, 0) is 0 Å². The Morgan fingerprint density at radius 1 is 1.33 bits per heavy atom. The highest BCUT2D eigenvalue weighted by molar-refractivity contribution is 4.93. The lowest BCUT2D eigenvalue weighted by Crippen LogP contribution is -2.50. The Kier molecular flexibility index (Phi) is 2.82. The van der Waals surface area contributed by atoms with E-state index in [2.05, 4.69) is 27.7 Å². The molecule has 0 aromatic rings. The second-order valence-electron chi connectivity index (χ2n) is 5.24. The van der Waals surface area contributed by atoms with Gasteiger partial charge in [-0.2, -0.15) is 0 Å². The molecule has 3 atom stereocenters. The van der Waals surface area contributed by atoms with E-state index in [1.165, 1.54) is 19.3 Å². The van der Waals surface area contributed by atoms with Gasteiger partial charge < -0.3 is 5.73 Å². The first kappa shape index (κ1) is 10.0. The molecular weight excluding hydrogens is 146 g/mol. The molecule has 0 aromatic heterocycles. The van der Waals surface area contributed by atoms with Crippen LogP contribution in [0.3, 0.4) is 0 Å². The van der Waals surface area contributed by atoms with Crippen LogP contribution < -0.4 is 5.73 Å². The minimum atomic E-state index is 0.0891. The average Bonchev–Trinajstić information content (AvgIpc) is 1.82. The molecule has 1 aliphatic carbocycles. The zero-order valence-corrected chi connectivity index (χ0v) is 8.93. The Balaban J connectivity index is 2.64. The van der Waals surface area contributed by atoms with Crippen LogP contribution in [-0.4, -0.2) is 5.54 Å². The fraction of sp³-hybridized carbons (Fsp3) is 1.00. The molecule has 1 fully saturated rings. The first-order chi connectivity index (χ1) is 5.43. The van der Waals surface area contributed by atoms with E-state index in [9.17, 15) is 0 Å². The summed E-state index contributed by atoms with van der Waals surface area (Å²) in [4.78, 5) is 0. The molecule has 72 valence electrons. The summed E-state index contributed by atoms with van der Waals surface area (Å²) in [5, 5.41) is 0. The first-order valence-electron chi connectivity index (χ1n) is 5.22. The highest BCUT2D eigenvalue weighted by Gasteiger charge is 2.37. The molecule has 0 bridgehead atoms. The van der Waals surface area contributed by atoms with Gasteiger partial charge in [-0.1, -0.05) is 27.2 Å². The standard InChI is InChI=1S/C11H23N/c1-8(2)10-6-5-9(3)7-11(10,4)12/h8-10H,5-7,12H2,1-4H3/t9-,10-,11-/m1/s1. The topological polar surface area (TPSA) is 26.0 Å². The Labute approximate surface area is 76.7 Å². The van der Waals surface area contributed by atoms with Gasteiger partial charge in [0.05, 0.1) is 0 Å². The summed E-state index contributed by atoms with van der Waals surface area (Å²) in [6, 6.07) is 0. The fourth-order valence-electron chi connectivity index (χ4n) is 2.89. The van der Waals surface area contributed by atoms with Crippen LogP contribution in [0.25, 0.3) is 0 Å². The minimum absolute atomic E-state index is 0.0891. The third-order valence-electron chi connectivity index (χ3n) is 3.41. The molecule has 0 saturated heterocycles. The van der Waals surface area contributed by atoms with Crippen LogP contribution in [0.5, 0.6) is 0 Å². The Bertz CT molecular complexity index is 149. The van der Waals surface area contributed by atoms with E-state index >= 15 is 0 Å². The second-order valence-corrected chi connectivity index (χ2v) is 5.24. The lowest BCUT2D eigenvalue weighted by Gasteiger charge is -2.43. The number of rotatable bonds is 1. The number of hydrogen-bond donors (Lipinski definition) is 1. The van der Waals surface area contributed by atoms with Gasteiger partial charge >= 0.3 is 0 Å². The van der Waals surface area contributed by atoms with E-state index in [0.29, 0.717) is 0 Å². The summed E-state index contributed by atoms with van der Waals surface area (Å²) < 4.78 is 0. The van der Waals surface area contributed by atoms with E-state index in [0.717, 1.165) is 17.8 Å². The van der Waals surface area contributed by atoms with Gasteiger partial charge in [0.25, 0.3) is 0 Å². The molecule has 0 unspecified atom stereocenters. The predicted molar refractivity (Wildman–Crippen MR) is 53.9 cm³/mol. The van der Waals surface area contributed by atoms with Crippen molar-refractivity contribution >= 4 is 0 Å². The van der Waals surface area contributed by atoms with Gasteiger partial charge in [-0.05, 0) is 37.5 Å². The van der Waals surface area contributed by atoms with Crippen molar-refractivity contribution in [2.75, 3.05) is 0 Å². The average molecular weight is 169 g/mol. The van der Waals surface area contributed by atoms with Crippen molar-refractivity contribution in [3.05, 3.63) is 0 Å². The van der Waals surface area contributed by atoms with Gasteiger partial charge in [0.15, 0.2) is 0 Å². The van der Waals surface area contributed by atoms with Gasteiger partial charge in [-0.25, -0.2) is 0 Å². The van der Waals surface area contributed by atoms with Crippen LogP contribution in [0.15, 0.2) is 0 Å². The summed E-state index contributed by atoms with van der Waals surface area (Å²) in [7, 11) is 0. The molecule has 1 rings (SSSR count). The zero-order valence-electron chi connectivity index (χ0n) is 8.93. The van der Waals surface area contributed by atoms with E-state index in [1.807, 2.05) is 0 Å². The summed E-state index contributed by atoms with van der Waals surface area (Å²) in [6.45, 7) is 9.15. The van der Waals surface area contributed by atoms with Crippen molar-refractivity contribution in [2.24, 2.45) is 23.5 Å². The summed E-state index contributed by atoms with van der Waals surface area (Å²) >= 11 is 0. The molecule has 1 aliphatic rings. The number of hydrogen-bond acceptors (Lipinski definition) is 1. The van der Waals surface area contributed by atoms with Gasteiger partial charge in [-0.3, -0.25) is 0 Å². The third kappa shape index (κ3) is 2.01. The SMILES string of the molecule is CC(C)[C@H]1CC[C@@H](C)C[C@@]1(C)N. The van der Waals surface area contributed by atoms with Gasteiger partial charge in [0.1, 0.15) is 0 Å². The quantitative estimate of drug-likeness (QED) is 0.642. The van der Waals surface area contributed by atoms with E-state index in [4.69, 9.17) is 5.73 Å². The second kappa shape index (κ2) is 3.37. The summed E-state index contributed by atoms with van der Waals surface area (Å²) in [6.07, 6.45) is 3.90. The molecule has 1 nitrogen and oxygen atoms in total. The van der Waals surface area contributed by atoms with Crippen LogP contribution >= 0.6 is 0 Å². The minimum Gasteiger partial charge on any atom is -0.325 e. The molecule has 1 saturated carbocycles. The molecule has 0 aromatic carbocycles. The van der Waals surface area contributed by atoms with Crippen molar-refractivity contribution in [2.45, 2.75) is 52.5 Å². The largest absolute Gasteiger partial charge is 0.325 e. The molecule has 1 heteroatoms. The fourth-order valence-corrected chi connectivity index (χ4v) is 2.89. The zero-order chi connectivity index (χ0) is 9.35. The molecule has 0 heterocycles. The van der Waals surface area contributed by atoms with Crippen molar-refractivity contribution in [1.29, 1.82) is 0 Å². The van der Waals surface area contributed by atoms with Crippen molar-refractivity contribution < 1.29 is 0 Å². The first-order valence-corrected chi connectivity index (χ1v) is 5.22. The van der Waals surface area contributed by atoms with E-state index in [1.54, 1.807) is 0 Å². The van der Waals surface area contributed by atoms with Gasteiger partial charge in [0.2, 0.25) is 0 Å². The van der Waals surface area contributed by atoms with Gasteiger partial charge in [-0.15, -0.1) is 0 Å². The smallest absolute Gasteiger partial charge is 0.0159 e. The van der Waals surface area contributed by atoms with Crippen LogP contribution in [0.2, 0.25) is 0 Å². The van der Waals surface area contributed by atoms with E-state index in [-0.39, 0.29) is 5.54 Å². The third-order valence-corrected chi connectivity index (χ3v) is 3.41. The Hall–Kier alpha value is -0.0400. The highest BCUT2D eigenvalue weighted by atomic mass is 14.8. The Morgan fingerprint density at radius 3 is 2.33 bits per heavy atom. The summed E-state index contributed by atoms with van der Waals surface area (Å²) in [5.41, 5.74) is 6.40. The molecule has 0 amide bonds. The van der Waals surface area contributed by atoms with Crippen molar-refractivity contribution in [3.8, 4) is 0 Å². The molecule has 0 spiro atoms. The maximum absolute atomic E-state index is 6.31. The monoisotopic (exact) mass is 169 g/mol.